The van der Waals surface area contributed by atoms with Crippen molar-refractivity contribution in [2.75, 3.05) is 5.32 Å². The molecule has 2 N–H and O–H groups in total. The Morgan fingerprint density at radius 1 is 1.35 bits per heavy atom. The smallest absolute Gasteiger partial charge is 0.203 e. The monoisotopic (exact) mass is 230 g/mol. The van der Waals surface area contributed by atoms with Crippen LogP contribution in [0.2, 0.25) is 0 Å². The summed E-state index contributed by atoms with van der Waals surface area (Å²) >= 11 is 0. The molecule has 0 unspecified atom stereocenters. The van der Waals surface area contributed by atoms with E-state index in [0.717, 1.165) is 11.6 Å². The minimum atomic E-state index is 0.512. The fourth-order valence-electron chi connectivity index (χ4n) is 1.55. The number of anilines is 1. The van der Waals surface area contributed by atoms with Crippen molar-refractivity contribution in [3.05, 3.63) is 30.4 Å². The summed E-state index contributed by atoms with van der Waals surface area (Å²) < 4.78 is 1.87. The predicted octanol–water partition coefficient (Wildman–Crippen LogP) is 0.163. The highest BCUT2D eigenvalue weighted by Crippen LogP contribution is 2.12. The molecule has 17 heavy (non-hydrogen) atoms. The van der Waals surface area contributed by atoms with Gasteiger partial charge in [-0.2, -0.15) is 5.10 Å². The number of aromatic nitrogens is 7. The molecule has 86 valence electrons. The highest BCUT2D eigenvalue weighted by Gasteiger charge is 2.07. The van der Waals surface area contributed by atoms with E-state index in [1.165, 1.54) is 6.33 Å². The van der Waals surface area contributed by atoms with Crippen LogP contribution < -0.4 is 5.32 Å². The number of nitrogens with zero attached hydrogens (tertiary/aromatic N) is 6. The number of nitrogens with one attached hydrogen (secondary N) is 2. The first-order chi connectivity index (χ1) is 8.34. The summed E-state index contributed by atoms with van der Waals surface area (Å²) in [5.41, 5.74) is 0.699. The summed E-state index contributed by atoms with van der Waals surface area (Å²) in [5, 5.41) is 17.7. The second-order valence-corrected chi connectivity index (χ2v) is 3.50. The Morgan fingerprint density at radius 3 is 3.12 bits per heavy atom. The van der Waals surface area contributed by atoms with Crippen LogP contribution in [0.1, 0.15) is 11.6 Å². The third-order valence-corrected chi connectivity index (χ3v) is 2.39. The van der Waals surface area contributed by atoms with Crippen LogP contribution in [-0.2, 0) is 6.54 Å². The highest BCUT2D eigenvalue weighted by molar-refractivity contribution is 5.61. The fourth-order valence-corrected chi connectivity index (χ4v) is 1.55. The largest absolute Gasteiger partial charge is 0.360 e. The van der Waals surface area contributed by atoms with Gasteiger partial charge < -0.3 is 5.32 Å². The van der Waals surface area contributed by atoms with Crippen molar-refractivity contribution < 1.29 is 0 Å². The van der Waals surface area contributed by atoms with Gasteiger partial charge in [0.1, 0.15) is 18.0 Å². The molecule has 0 spiro atoms. The number of hydrogen-bond donors (Lipinski definition) is 2. The van der Waals surface area contributed by atoms with Crippen LogP contribution in [0.5, 0.6) is 0 Å². The molecule has 3 aromatic heterocycles. The average molecular weight is 230 g/mol. The van der Waals surface area contributed by atoms with Crippen molar-refractivity contribution in [3.63, 3.8) is 0 Å². The van der Waals surface area contributed by atoms with E-state index in [2.05, 4.69) is 35.7 Å². The Morgan fingerprint density at radius 2 is 2.29 bits per heavy atom. The number of hydrogen-bond acceptors (Lipinski definition) is 6. The van der Waals surface area contributed by atoms with Crippen LogP contribution in [0.25, 0.3) is 5.65 Å². The van der Waals surface area contributed by atoms with Crippen molar-refractivity contribution in [3.8, 4) is 0 Å². The normalized spacial score (nSPS) is 10.9. The molecule has 8 heteroatoms. The molecule has 0 fully saturated rings. The molecule has 0 saturated carbocycles. The lowest BCUT2D eigenvalue weighted by Crippen LogP contribution is -2.05. The molecule has 0 aliphatic carbocycles. The molecule has 3 aromatic rings. The first-order valence-corrected chi connectivity index (χ1v) is 5.09. The maximum atomic E-state index is 4.22. The lowest BCUT2D eigenvalue weighted by atomic mass is 10.5. The molecule has 0 aliphatic rings. The third kappa shape index (κ3) is 1.69. The minimum absolute atomic E-state index is 0.512. The molecule has 0 aromatic carbocycles. The van der Waals surface area contributed by atoms with Crippen molar-refractivity contribution in [1.29, 1.82) is 0 Å². The first-order valence-electron chi connectivity index (χ1n) is 5.09. The van der Waals surface area contributed by atoms with Crippen LogP contribution in [0.4, 0.5) is 5.82 Å². The van der Waals surface area contributed by atoms with Crippen LogP contribution in [-0.4, -0.2) is 34.8 Å². The van der Waals surface area contributed by atoms with Gasteiger partial charge in [-0.25, -0.2) is 9.97 Å². The number of aromatic amines is 1. The molecule has 0 radical (unpaired) electrons. The van der Waals surface area contributed by atoms with Crippen LogP contribution in [0.3, 0.4) is 0 Å². The van der Waals surface area contributed by atoms with E-state index in [-0.39, 0.29) is 0 Å². The molecular weight excluding hydrogens is 220 g/mol. The van der Waals surface area contributed by atoms with E-state index >= 15 is 0 Å². The highest BCUT2D eigenvalue weighted by atomic mass is 15.3. The number of aryl methyl sites for hydroxylation is 1. The topological polar surface area (TPSA) is 96.7 Å². The Bertz CT molecular complexity index is 626. The lowest BCUT2D eigenvalue weighted by molar-refractivity contribution is 0.943. The van der Waals surface area contributed by atoms with E-state index in [0.29, 0.717) is 18.0 Å². The third-order valence-electron chi connectivity index (χ3n) is 2.39. The minimum Gasteiger partial charge on any atom is -0.360 e. The van der Waals surface area contributed by atoms with Gasteiger partial charge in [-0.3, -0.25) is 9.50 Å². The van der Waals surface area contributed by atoms with E-state index in [1.807, 2.05) is 17.5 Å². The summed E-state index contributed by atoms with van der Waals surface area (Å²) in [6.07, 6.45) is 4.99. The summed E-state index contributed by atoms with van der Waals surface area (Å²) in [6, 6.07) is 0. The molecule has 0 saturated heterocycles. The van der Waals surface area contributed by atoms with Gasteiger partial charge in [0.15, 0.2) is 5.82 Å². The molecule has 0 aliphatic heterocycles. The van der Waals surface area contributed by atoms with E-state index in [4.69, 9.17) is 0 Å². The molecule has 8 nitrogen and oxygen atoms in total. The van der Waals surface area contributed by atoms with E-state index < -0.39 is 0 Å². The number of H-pyrrole nitrogens is 1. The Labute approximate surface area is 96.1 Å². The van der Waals surface area contributed by atoms with Crippen molar-refractivity contribution in [2.45, 2.75) is 13.5 Å². The van der Waals surface area contributed by atoms with Crippen LogP contribution in [0.15, 0.2) is 18.7 Å². The summed E-state index contributed by atoms with van der Waals surface area (Å²) in [6.45, 7) is 2.40. The summed E-state index contributed by atoms with van der Waals surface area (Å²) in [5.74, 6) is 2.24. The molecule has 3 rings (SSSR count). The Balaban J connectivity index is 1.90. The van der Waals surface area contributed by atoms with Crippen molar-refractivity contribution >= 4 is 11.5 Å². The number of fused-ring (bicyclic) bond motifs is 1. The summed E-state index contributed by atoms with van der Waals surface area (Å²) in [4.78, 5) is 8.24. The SMILES string of the molecule is Cc1nnc2c(NCc3ncn[nH]3)nccn12. The maximum absolute atomic E-state index is 4.22. The van der Waals surface area contributed by atoms with E-state index in [1.54, 1.807) is 6.20 Å². The van der Waals surface area contributed by atoms with Crippen LogP contribution >= 0.6 is 0 Å². The zero-order valence-electron chi connectivity index (χ0n) is 9.12. The maximum Gasteiger partial charge on any atom is 0.203 e. The molecule has 0 amide bonds. The molecule has 3 heterocycles. The van der Waals surface area contributed by atoms with Crippen LogP contribution in [0, 0.1) is 6.92 Å². The van der Waals surface area contributed by atoms with Gasteiger partial charge in [-0.15, -0.1) is 10.2 Å². The molecular formula is C9H10N8. The van der Waals surface area contributed by atoms with Gasteiger partial charge in [0, 0.05) is 12.4 Å². The zero-order valence-corrected chi connectivity index (χ0v) is 9.12. The van der Waals surface area contributed by atoms with Gasteiger partial charge in [-0.1, -0.05) is 0 Å². The van der Waals surface area contributed by atoms with Gasteiger partial charge in [-0.05, 0) is 6.92 Å². The Kier molecular flexibility index (Phi) is 2.18. The Hall–Kier alpha value is -2.51. The molecule has 0 atom stereocenters. The van der Waals surface area contributed by atoms with Gasteiger partial charge in [0.05, 0.1) is 6.54 Å². The zero-order chi connectivity index (χ0) is 11.7. The van der Waals surface area contributed by atoms with Crippen molar-refractivity contribution in [2.24, 2.45) is 0 Å². The molecule has 0 bridgehead atoms. The predicted molar refractivity (Wildman–Crippen MR) is 59.2 cm³/mol. The second kappa shape index (κ2) is 3.81. The van der Waals surface area contributed by atoms with Gasteiger partial charge >= 0.3 is 0 Å². The summed E-state index contributed by atoms with van der Waals surface area (Å²) in [7, 11) is 0. The second-order valence-electron chi connectivity index (χ2n) is 3.50. The average Bonchev–Trinajstić information content (AvgIpc) is 2.97. The van der Waals surface area contributed by atoms with Gasteiger partial charge in [0.25, 0.3) is 0 Å². The number of rotatable bonds is 3. The lowest BCUT2D eigenvalue weighted by Gasteiger charge is -2.03. The standard InChI is InChI=1S/C9H10N8/c1-6-14-16-9-8(10-2-3-17(6)9)11-4-7-12-5-13-15-7/h2-3,5H,4H2,1H3,(H,10,11)(H,12,13,15). The van der Waals surface area contributed by atoms with Gasteiger partial charge in [0.2, 0.25) is 5.65 Å². The fraction of sp³-hybridized carbons (Fsp3) is 0.222. The van der Waals surface area contributed by atoms with E-state index in [9.17, 15) is 0 Å². The first kappa shape index (κ1) is 9.70. The van der Waals surface area contributed by atoms with Crippen molar-refractivity contribution in [1.82, 2.24) is 34.8 Å². The quantitative estimate of drug-likeness (QED) is 0.665.